The van der Waals surface area contributed by atoms with E-state index in [-0.39, 0.29) is 19.2 Å². The molecule has 1 aromatic heterocycles. The lowest BCUT2D eigenvalue weighted by Gasteiger charge is -2.01. The van der Waals surface area contributed by atoms with Crippen LogP contribution in [0.5, 0.6) is 0 Å². The maximum atomic E-state index is 11.0. The van der Waals surface area contributed by atoms with Crippen molar-refractivity contribution in [2.24, 2.45) is 0 Å². The molecule has 0 saturated carbocycles. The van der Waals surface area contributed by atoms with Crippen LogP contribution in [-0.2, 0) is 0 Å². The third kappa shape index (κ3) is 2.05. The van der Waals surface area contributed by atoms with Gasteiger partial charge in [-0.3, -0.25) is 4.57 Å². The van der Waals surface area contributed by atoms with Crippen molar-refractivity contribution >= 4 is 6.03 Å². The maximum Gasteiger partial charge on any atom is 0.326 e. The lowest BCUT2D eigenvalue weighted by Crippen LogP contribution is -2.29. The topological polar surface area (TPSA) is 67.2 Å². The summed E-state index contributed by atoms with van der Waals surface area (Å²) < 4.78 is 1.30. The number of hydrogen-bond donors (Lipinski definition) is 2. The van der Waals surface area contributed by atoms with E-state index in [1.165, 1.54) is 23.3 Å². The quantitative estimate of drug-likeness (QED) is 0.601. The molecule has 0 saturated heterocycles. The summed E-state index contributed by atoms with van der Waals surface area (Å²) in [6, 6.07) is -0.281. The fourth-order valence-electron chi connectivity index (χ4n) is 0.633. The van der Waals surface area contributed by atoms with E-state index in [0.29, 0.717) is 0 Å². The molecule has 1 amide bonds. The molecule has 60 valence electrons. The highest BCUT2D eigenvalue weighted by molar-refractivity contribution is 5.76. The molecule has 1 rings (SSSR count). The zero-order valence-electron chi connectivity index (χ0n) is 5.90. The number of carbonyl (C=O) groups excluding carboxylic acids is 1. The zero-order chi connectivity index (χ0) is 8.10. The summed E-state index contributed by atoms with van der Waals surface area (Å²) >= 11 is 0. The number of imidazole rings is 1. The largest absolute Gasteiger partial charge is 0.395 e. The lowest BCUT2D eigenvalue weighted by atomic mass is 10.7. The van der Waals surface area contributed by atoms with Crippen LogP contribution in [0.3, 0.4) is 0 Å². The van der Waals surface area contributed by atoms with Crippen LogP contribution in [0, 0.1) is 0 Å². The predicted molar refractivity (Wildman–Crippen MR) is 38.1 cm³/mol. The molecule has 11 heavy (non-hydrogen) atoms. The molecular formula is C6H9N3O2. The summed E-state index contributed by atoms with van der Waals surface area (Å²) in [7, 11) is 0. The van der Waals surface area contributed by atoms with E-state index in [0.717, 1.165) is 0 Å². The van der Waals surface area contributed by atoms with Gasteiger partial charge in [0.05, 0.1) is 6.61 Å². The van der Waals surface area contributed by atoms with Crippen molar-refractivity contribution in [2.75, 3.05) is 13.2 Å². The van der Waals surface area contributed by atoms with Gasteiger partial charge in [-0.1, -0.05) is 0 Å². The number of aromatic nitrogens is 2. The van der Waals surface area contributed by atoms with Crippen molar-refractivity contribution in [3.8, 4) is 0 Å². The molecule has 1 aromatic rings. The van der Waals surface area contributed by atoms with Crippen molar-refractivity contribution in [1.82, 2.24) is 14.9 Å². The second-order valence-corrected chi connectivity index (χ2v) is 1.93. The molecule has 0 fully saturated rings. The molecule has 0 aliphatic heterocycles. The van der Waals surface area contributed by atoms with E-state index in [1.807, 2.05) is 0 Å². The van der Waals surface area contributed by atoms with Crippen LogP contribution in [0.2, 0.25) is 0 Å². The molecular weight excluding hydrogens is 146 g/mol. The van der Waals surface area contributed by atoms with Crippen molar-refractivity contribution in [3.05, 3.63) is 18.7 Å². The summed E-state index contributed by atoms with van der Waals surface area (Å²) in [4.78, 5) is 14.7. The molecule has 0 unspecified atom stereocenters. The number of amides is 1. The van der Waals surface area contributed by atoms with E-state index >= 15 is 0 Å². The van der Waals surface area contributed by atoms with Crippen LogP contribution in [0.25, 0.3) is 0 Å². The minimum absolute atomic E-state index is 0.0551. The number of nitrogens with one attached hydrogen (secondary N) is 1. The van der Waals surface area contributed by atoms with E-state index < -0.39 is 0 Å². The minimum atomic E-state index is -0.281. The number of aliphatic hydroxyl groups is 1. The predicted octanol–water partition coefficient (Wildman–Crippen LogP) is -0.567. The first-order valence-corrected chi connectivity index (χ1v) is 3.21. The highest BCUT2D eigenvalue weighted by atomic mass is 16.3. The SMILES string of the molecule is O=C(NCCO)n1ccnc1. The summed E-state index contributed by atoms with van der Waals surface area (Å²) in [6.45, 7) is 0.206. The summed E-state index contributed by atoms with van der Waals surface area (Å²) in [5.74, 6) is 0. The van der Waals surface area contributed by atoms with Gasteiger partial charge in [-0.15, -0.1) is 0 Å². The number of nitrogens with zero attached hydrogens (tertiary/aromatic N) is 2. The Bertz CT molecular complexity index is 220. The van der Waals surface area contributed by atoms with Gasteiger partial charge in [-0.05, 0) is 0 Å². The Kier molecular flexibility index (Phi) is 2.62. The molecule has 2 N–H and O–H groups in total. The van der Waals surface area contributed by atoms with Crippen molar-refractivity contribution in [1.29, 1.82) is 0 Å². The fourth-order valence-corrected chi connectivity index (χ4v) is 0.633. The number of hydrogen-bond acceptors (Lipinski definition) is 3. The Morgan fingerprint density at radius 2 is 2.55 bits per heavy atom. The summed E-state index contributed by atoms with van der Waals surface area (Å²) in [6.07, 6.45) is 4.44. The van der Waals surface area contributed by atoms with Crippen LogP contribution in [0.15, 0.2) is 18.7 Å². The first-order valence-electron chi connectivity index (χ1n) is 3.21. The monoisotopic (exact) mass is 155 g/mol. The van der Waals surface area contributed by atoms with Crippen molar-refractivity contribution in [2.45, 2.75) is 0 Å². The number of rotatable bonds is 2. The fraction of sp³-hybridized carbons (Fsp3) is 0.333. The molecule has 0 aromatic carbocycles. The van der Waals surface area contributed by atoms with Crippen LogP contribution in [0.1, 0.15) is 0 Å². The molecule has 0 spiro atoms. The highest BCUT2D eigenvalue weighted by Crippen LogP contribution is 1.83. The normalized spacial score (nSPS) is 9.55. The third-order valence-corrected chi connectivity index (χ3v) is 1.13. The van der Waals surface area contributed by atoms with E-state index in [2.05, 4.69) is 10.3 Å². The first-order chi connectivity index (χ1) is 5.34. The lowest BCUT2D eigenvalue weighted by molar-refractivity contribution is 0.235. The van der Waals surface area contributed by atoms with Crippen LogP contribution < -0.4 is 5.32 Å². The molecule has 0 aliphatic rings. The number of aliphatic hydroxyl groups excluding tert-OH is 1. The van der Waals surface area contributed by atoms with Gasteiger partial charge in [0.15, 0.2) is 0 Å². The van der Waals surface area contributed by atoms with Gasteiger partial charge in [0.25, 0.3) is 0 Å². The van der Waals surface area contributed by atoms with Crippen LogP contribution in [0.4, 0.5) is 4.79 Å². The summed E-state index contributed by atoms with van der Waals surface area (Å²) in [5.41, 5.74) is 0. The van der Waals surface area contributed by atoms with Gasteiger partial charge >= 0.3 is 6.03 Å². The van der Waals surface area contributed by atoms with Gasteiger partial charge in [0.2, 0.25) is 0 Å². The smallest absolute Gasteiger partial charge is 0.326 e. The Hall–Kier alpha value is -1.36. The van der Waals surface area contributed by atoms with E-state index in [9.17, 15) is 4.79 Å². The van der Waals surface area contributed by atoms with Crippen molar-refractivity contribution in [3.63, 3.8) is 0 Å². The minimum Gasteiger partial charge on any atom is -0.395 e. The van der Waals surface area contributed by atoms with Gasteiger partial charge in [-0.25, -0.2) is 9.78 Å². The zero-order valence-corrected chi connectivity index (χ0v) is 5.90. The highest BCUT2D eigenvalue weighted by Gasteiger charge is 1.99. The molecule has 0 aliphatic carbocycles. The maximum absolute atomic E-state index is 11.0. The molecule has 1 heterocycles. The van der Waals surface area contributed by atoms with Crippen LogP contribution in [-0.4, -0.2) is 33.8 Å². The Labute approximate surface area is 63.7 Å². The molecule has 5 heteroatoms. The van der Waals surface area contributed by atoms with Gasteiger partial charge in [0.1, 0.15) is 6.33 Å². The van der Waals surface area contributed by atoms with Gasteiger partial charge in [-0.2, -0.15) is 0 Å². The third-order valence-electron chi connectivity index (χ3n) is 1.13. The molecule has 0 bridgehead atoms. The Morgan fingerprint density at radius 3 is 3.09 bits per heavy atom. The van der Waals surface area contributed by atoms with E-state index in [1.54, 1.807) is 0 Å². The van der Waals surface area contributed by atoms with Gasteiger partial charge < -0.3 is 10.4 Å². The van der Waals surface area contributed by atoms with Gasteiger partial charge in [0, 0.05) is 18.9 Å². The average molecular weight is 155 g/mol. The molecule has 0 radical (unpaired) electrons. The second-order valence-electron chi connectivity index (χ2n) is 1.93. The first kappa shape index (κ1) is 7.74. The summed E-state index contributed by atoms with van der Waals surface area (Å²) in [5, 5.41) is 10.8. The molecule has 5 nitrogen and oxygen atoms in total. The average Bonchev–Trinajstić information content (AvgIpc) is 2.52. The second kappa shape index (κ2) is 3.72. The van der Waals surface area contributed by atoms with E-state index in [4.69, 9.17) is 5.11 Å². The number of carbonyl (C=O) groups is 1. The molecule has 0 atom stereocenters. The Balaban J connectivity index is 2.43. The standard InChI is InChI=1S/C6H9N3O2/c10-4-2-8-6(11)9-3-1-7-5-9/h1,3,5,10H,2,4H2,(H,8,11). The van der Waals surface area contributed by atoms with Crippen molar-refractivity contribution < 1.29 is 9.90 Å². The van der Waals surface area contributed by atoms with Crippen LogP contribution >= 0.6 is 0 Å². The Morgan fingerprint density at radius 1 is 1.73 bits per heavy atom.